The second-order valence-corrected chi connectivity index (χ2v) is 11.5. The molecule has 2 fully saturated rings. The molecule has 0 atom stereocenters. The van der Waals surface area contributed by atoms with Crippen molar-refractivity contribution in [3.8, 4) is 10.4 Å². The SMILES string of the molecule is Cc1ccc(C(=O)Cc2cc(N3CCOCC3)cc(N3CCOCC3)c2)cc1NC(=O)c1cncc(-c2cccs2)c1. The number of ether oxygens (including phenoxy) is 2. The maximum Gasteiger partial charge on any atom is 0.257 e. The minimum atomic E-state index is -0.262. The molecule has 2 saturated heterocycles. The standard InChI is InChI=1S/C33H34N4O4S/c1-23-4-5-25(19-30(23)35-33(39)27-18-26(21-34-22-27)32-3-2-14-42-32)31(38)17-24-15-28(36-6-10-40-11-7-36)20-29(16-24)37-8-12-41-13-9-37/h2-5,14-16,18-22H,6-13,17H2,1H3,(H,35,39). The summed E-state index contributed by atoms with van der Waals surface area (Å²) in [5.41, 5.74) is 6.61. The van der Waals surface area contributed by atoms with Crippen LogP contribution in [0.3, 0.4) is 0 Å². The average molecular weight is 583 g/mol. The molecule has 216 valence electrons. The number of hydrogen-bond acceptors (Lipinski definition) is 8. The molecule has 9 heteroatoms. The van der Waals surface area contributed by atoms with Crippen LogP contribution in [0.5, 0.6) is 0 Å². The van der Waals surface area contributed by atoms with E-state index >= 15 is 0 Å². The average Bonchev–Trinajstić information content (AvgIpc) is 3.58. The van der Waals surface area contributed by atoms with Gasteiger partial charge in [0.05, 0.1) is 32.0 Å². The number of morpholine rings is 2. The molecule has 4 heterocycles. The predicted molar refractivity (Wildman–Crippen MR) is 167 cm³/mol. The van der Waals surface area contributed by atoms with Gasteiger partial charge in [-0.2, -0.15) is 0 Å². The lowest BCUT2D eigenvalue weighted by Gasteiger charge is -2.33. The van der Waals surface area contributed by atoms with E-state index in [2.05, 4.69) is 38.3 Å². The summed E-state index contributed by atoms with van der Waals surface area (Å²) >= 11 is 1.60. The molecule has 2 aromatic carbocycles. The van der Waals surface area contributed by atoms with Crippen molar-refractivity contribution in [1.29, 1.82) is 0 Å². The molecule has 0 radical (unpaired) electrons. The smallest absolute Gasteiger partial charge is 0.257 e. The number of ketones is 1. The van der Waals surface area contributed by atoms with E-state index in [1.807, 2.05) is 42.6 Å². The molecule has 2 aromatic heterocycles. The van der Waals surface area contributed by atoms with Crippen LogP contribution in [0, 0.1) is 6.92 Å². The number of rotatable bonds is 8. The van der Waals surface area contributed by atoms with Crippen LogP contribution in [0.4, 0.5) is 17.1 Å². The number of carbonyl (C=O) groups excluding carboxylic acids is 2. The van der Waals surface area contributed by atoms with Crippen molar-refractivity contribution >= 4 is 40.1 Å². The van der Waals surface area contributed by atoms with E-state index in [0.717, 1.165) is 59.1 Å². The molecule has 2 aliphatic heterocycles. The third-order valence-electron chi connectivity index (χ3n) is 7.69. The van der Waals surface area contributed by atoms with E-state index in [1.165, 1.54) is 0 Å². The van der Waals surface area contributed by atoms with Crippen LogP contribution in [0.15, 0.2) is 72.4 Å². The monoisotopic (exact) mass is 582 g/mol. The van der Waals surface area contributed by atoms with E-state index in [1.54, 1.807) is 29.8 Å². The Morgan fingerprint density at radius 2 is 1.55 bits per heavy atom. The number of nitrogens with zero attached hydrogens (tertiary/aromatic N) is 3. The minimum Gasteiger partial charge on any atom is -0.378 e. The van der Waals surface area contributed by atoms with Gasteiger partial charge in [-0.05, 0) is 59.8 Å². The maximum absolute atomic E-state index is 13.6. The minimum absolute atomic E-state index is 0.00101. The van der Waals surface area contributed by atoms with Crippen molar-refractivity contribution in [3.63, 3.8) is 0 Å². The zero-order chi connectivity index (χ0) is 28.9. The lowest BCUT2D eigenvalue weighted by Crippen LogP contribution is -2.38. The summed E-state index contributed by atoms with van der Waals surface area (Å²) in [6, 6.07) is 17.8. The zero-order valence-corrected chi connectivity index (χ0v) is 24.5. The first-order chi connectivity index (χ1) is 20.5. The number of aryl methyl sites for hydroxylation is 1. The molecule has 0 spiro atoms. The fourth-order valence-corrected chi connectivity index (χ4v) is 6.03. The van der Waals surface area contributed by atoms with Gasteiger partial charge < -0.3 is 24.6 Å². The summed E-state index contributed by atoms with van der Waals surface area (Å²) in [5.74, 6) is -0.263. The third-order valence-corrected chi connectivity index (χ3v) is 8.61. The second kappa shape index (κ2) is 12.9. The van der Waals surface area contributed by atoms with Crippen LogP contribution in [-0.2, 0) is 15.9 Å². The quantitative estimate of drug-likeness (QED) is 0.276. The van der Waals surface area contributed by atoms with Gasteiger partial charge in [-0.25, -0.2) is 0 Å². The van der Waals surface area contributed by atoms with Crippen LogP contribution < -0.4 is 15.1 Å². The number of amides is 1. The predicted octanol–water partition coefficient (Wildman–Crippen LogP) is 5.47. The van der Waals surface area contributed by atoms with E-state index < -0.39 is 0 Å². The summed E-state index contributed by atoms with van der Waals surface area (Å²) in [4.78, 5) is 36.7. The first-order valence-corrected chi connectivity index (χ1v) is 15.1. The van der Waals surface area contributed by atoms with Gasteiger partial charge in [0.25, 0.3) is 5.91 Å². The Labute approximate surface area is 249 Å². The Bertz CT molecular complexity index is 1520. The number of carbonyl (C=O) groups is 2. The molecule has 42 heavy (non-hydrogen) atoms. The number of Topliss-reactive ketones (excluding diaryl/α,β-unsaturated/α-hetero) is 1. The van der Waals surface area contributed by atoms with Gasteiger partial charge in [-0.1, -0.05) is 18.2 Å². The van der Waals surface area contributed by atoms with Crippen molar-refractivity contribution < 1.29 is 19.1 Å². The number of hydrogen-bond donors (Lipinski definition) is 1. The summed E-state index contributed by atoms with van der Waals surface area (Å²) < 4.78 is 11.1. The van der Waals surface area contributed by atoms with Gasteiger partial charge in [0.2, 0.25) is 0 Å². The van der Waals surface area contributed by atoms with Crippen molar-refractivity contribution in [2.24, 2.45) is 0 Å². The highest BCUT2D eigenvalue weighted by atomic mass is 32.1. The van der Waals surface area contributed by atoms with Gasteiger partial charge in [-0.3, -0.25) is 14.6 Å². The fraction of sp³-hybridized carbons (Fsp3) is 0.303. The Kier molecular flexibility index (Phi) is 8.60. The molecule has 1 amide bonds. The normalized spacial score (nSPS) is 15.5. The molecule has 0 unspecified atom stereocenters. The maximum atomic E-state index is 13.6. The lowest BCUT2D eigenvalue weighted by atomic mass is 9.99. The van der Waals surface area contributed by atoms with Crippen molar-refractivity contribution in [2.45, 2.75) is 13.3 Å². The summed E-state index contributed by atoms with van der Waals surface area (Å²) in [7, 11) is 0. The van der Waals surface area contributed by atoms with Crippen LogP contribution in [0.1, 0.15) is 31.8 Å². The Morgan fingerprint density at radius 1 is 0.857 bits per heavy atom. The number of pyridine rings is 1. The molecule has 0 saturated carbocycles. The molecule has 0 bridgehead atoms. The molecule has 4 aromatic rings. The van der Waals surface area contributed by atoms with Crippen molar-refractivity contribution in [2.75, 3.05) is 67.7 Å². The van der Waals surface area contributed by atoms with Gasteiger partial charge in [-0.15, -0.1) is 11.3 Å². The van der Waals surface area contributed by atoms with E-state index in [-0.39, 0.29) is 18.1 Å². The first-order valence-electron chi connectivity index (χ1n) is 14.3. The molecule has 8 nitrogen and oxygen atoms in total. The molecule has 2 aliphatic rings. The molecule has 6 rings (SSSR count). The Hall–Kier alpha value is -4.05. The summed E-state index contributed by atoms with van der Waals surface area (Å²) in [5, 5.41) is 4.99. The number of aromatic nitrogens is 1. The summed E-state index contributed by atoms with van der Waals surface area (Å²) in [6.07, 6.45) is 3.58. The van der Waals surface area contributed by atoms with Crippen molar-refractivity contribution in [3.05, 3.63) is 94.6 Å². The number of anilines is 3. The Morgan fingerprint density at radius 3 is 2.19 bits per heavy atom. The van der Waals surface area contributed by atoms with Crippen LogP contribution >= 0.6 is 11.3 Å². The highest BCUT2D eigenvalue weighted by Gasteiger charge is 2.19. The third kappa shape index (κ3) is 6.54. The highest BCUT2D eigenvalue weighted by Crippen LogP contribution is 2.29. The Balaban J connectivity index is 1.21. The van der Waals surface area contributed by atoms with Gasteiger partial charge in [0, 0.05) is 78.1 Å². The second-order valence-electron chi connectivity index (χ2n) is 10.6. The van der Waals surface area contributed by atoms with Crippen LogP contribution in [0.25, 0.3) is 10.4 Å². The number of thiophene rings is 1. The lowest BCUT2D eigenvalue weighted by molar-refractivity contribution is 0.0989. The molecular formula is C33H34N4O4S. The van der Waals surface area contributed by atoms with Gasteiger partial charge in [0.15, 0.2) is 5.78 Å². The largest absolute Gasteiger partial charge is 0.378 e. The number of benzene rings is 2. The highest BCUT2D eigenvalue weighted by molar-refractivity contribution is 7.13. The van der Waals surface area contributed by atoms with E-state index in [9.17, 15) is 9.59 Å². The topological polar surface area (TPSA) is 84.0 Å². The number of nitrogens with one attached hydrogen (secondary N) is 1. The molecular weight excluding hydrogens is 548 g/mol. The van der Waals surface area contributed by atoms with E-state index in [4.69, 9.17) is 9.47 Å². The summed E-state index contributed by atoms with van der Waals surface area (Å²) in [6.45, 7) is 8.01. The molecule has 1 N–H and O–H groups in total. The first kappa shape index (κ1) is 28.1. The van der Waals surface area contributed by atoms with Gasteiger partial charge in [0.1, 0.15) is 0 Å². The van der Waals surface area contributed by atoms with Crippen LogP contribution in [-0.4, -0.2) is 69.3 Å². The zero-order valence-electron chi connectivity index (χ0n) is 23.7. The molecule has 0 aliphatic carbocycles. The van der Waals surface area contributed by atoms with Crippen molar-refractivity contribution in [1.82, 2.24) is 4.98 Å². The van der Waals surface area contributed by atoms with Gasteiger partial charge >= 0.3 is 0 Å². The fourth-order valence-electron chi connectivity index (χ4n) is 5.32. The van der Waals surface area contributed by atoms with Crippen LogP contribution in [0.2, 0.25) is 0 Å². The van der Waals surface area contributed by atoms with E-state index in [0.29, 0.717) is 43.2 Å².